The van der Waals surface area contributed by atoms with Crippen LogP contribution in [0, 0.1) is 13.8 Å². The highest BCUT2D eigenvalue weighted by molar-refractivity contribution is 7.89. The van der Waals surface area contributed by atoms with Crippen LogP contribution in [0.5, 0.6) is 0 Å². The van der Waals surface area contributed by atoms with Crippen LogP contribution in [0.3, 0.4) is 0 Å². The van der Waals surface area contributed by atoms with Gasteiger partial charge in [0.2, 0.25) is 10.0 Å². The molecule has 2 aromatic rings. The molecule has 0 aliphatic rings. The van der Waals surface area contributed by atoms with Gasteiger partial charge in [-0.05, 0) is 38.1 Å². The molecule has 0 spiro atoms. The molecular weight excluding hydrogens is 350 g/mol. The fraction of sp³-hybridized carbons (Fsp3) is 0.250. The van der Waals surface area contributed by atoms with Gasteiger partial charge in [0.15, 0.2) is 0 Å². The van der Waals surface area contributed by atoms with E-state index in [1.165, 1.54) is 24.3 Å². The summed E-state index contributed by atoms with van der Waals surface area (Å²) in [7, 11) is -7.59. The largest absolute Gasteiger partial charge is 0.297 e. The lowest BCUT2D eigenvalue weighted by atomic mass is 10.2. The third kappa shape index (κ3) is 4.88. The zero-order valence-corrected chi connectivity index (χ0v) is 15.0. The van der Waals surface area contributed by atoms with Crippen molar-refractivity contribution >= 4 is 20.1 Å². The minimum absolute atomic E-state index is 0.0366. The summed E-state index contributed by atoms with van der Waals surface area (Å²) in [4.78, 5) is 0.156. The van der Waals surface area contributed by atoms with E-state index in [4.69, 9.17) is 4.18 Å². The van der Waals surface area contributed by atoms with Crippen molar-refractivity contribution in [2.75, 3.05) is 13.2 Å². The van der Waals surface area contributed by atoms with Crippen LogP contribution in [-0.4, -0.2) is 30.0 Å². The van der Waals surface area contributed by atoms with Crippen molar-refractivity contribution in [2.45, 2.75) is 23.6 Å². The van der Waals surface area contributed by atoms with Crippen molar-refractivity contribution in [3.63, 3.8) is 0 Å². The minimum atomic E-state index is -3.90. The van der Waals surface area contributed by atoms with Crippen LogP contribution in [0.4, 0.5) is 0 Å². The maximum Gasteiger partial charge on any atom is 0.297 e. The number of sulfonamides is 1. The Morgan fingerprint density at radius 1 is 0.792 bits per heavy atom. The van der Waals surface area contributed by atoms with Crippen molar-refractivity contribution in [3.05, 3.63) is 59.7 Å². The van der Waals surface area contributed by atoms with E-state index in [0.29, 0.717) is 0 Å². The van der Waals surface area contributed by atoms with Gasteiger partial charge in [0.05, 0.1) is 16.4 Å². The number of hydrogen-bond donors (Lipinski definition) is 1. The zero-order valence-electron chi connectivity index (χ0n) is 13.4. The summed E-state index contributed by atoms with van der Waals surface area (Å²) in [5.41, 5.74) is 1.88. The summed E-state index contributed by atoms with van der Waals surface area (Å²) < 4.78 is 55.2. The molecule has 1 N–H and O–H groups in total. The highest BCUT2D eigenvalue weighted by atomic mass is 32.2. The van der Waals surface area contributed by atoms with Crippen molar-refractivity contribution < 1.29 is 21.0 Å². The Morgan fingerprint density at radius 3 is 1.75 bits per heavy atom. The molecule has 0 aromatic heterocycles. The van der Waals surface area contributed by atoms with Crippen molar-refractivity contribution in [2.24, 2.45) is 0 Å². The summed E-state index contributed by atoms with van der Waals surface area (Å²) in [6, 6.07) is 12.6. The number of benzene rings is 2. The van der Waals surface area contributed by atoms with E-state index in [1.54, 1.807) is 24.3 Å². The van der Waals surface area contributed by atoms with Gasteiger partial charge in [0.1, 0.15) is 0 Å². The summed E-state index contributed by atoms with van der Waals surface area (Å²) >= 11 is 0. The smallest absolute Gasteiger partial charge is 0.265 e. The van der Waals surface area contributed by atoms with Gasteiger partial charge in [-0.2, -0.15) is 8.42 Å². The number of aryl methyl sites for hydroxylation is 2. The lowest BCUT2D eigenvalue weighted by Crippen LogP contribution is -2.28. The monoisotopic (exact) mass is 369 g/mol. The fourth-order valence-corrected chi connectivity index (χ4v) is 3.82. The van der Waals surface area contributed by atoms with Crippen molar-refractivity contribution in [1.29, 1.82) is 0 Å². The van der Waals surface area contributed by atoms with E-state index in [-0.39, 0.29) is 22.9 Å². The molecule has 24 heavy (non-hydrogen) atoms. The molecule has 0 heterocycles. The molecule has 2 rings (SSSR count). The maximum atomic E-state index is 12.1. The Balaban J connectivity index is 1.92. The van der Waals surface area contributed by atoms with E-state index in [1.807, 2.05) is 13.8 Å². The van der Waals surface area contributed by atoms with Crippen LogP contribution in [0.2, 0.25) is 0 Å². The zero-order chi connectivity index (χ0) is 17.8. The van der Waals surface area contributed by atoms with Gasteiger partial charge >= 0.3 is 0 Å². The molecule has 6 nitrogen and oxygen atoms in total. The second kappa shape index (κ2) is 7.43. The normalized spacial score (nSPS) is 12.2. The summed E-state index contributed by atoms with van der Waals surface area (Å²) in [6.07, 6.45) is 0. The standard InChI is InChI=1S/C16H19NO5S2/c1-13-3-7-15(8-4-13)23(18,19)17-11-12-22-24(20,21)16-9-5-14(2)6-10-16/h3-10,17H,11-12H2,1-2H3. The molecule has 8 heteroatoms. The number of rotatable bonds is 7. The van der Waals surface area contributed by atoms with E-state index < -0.39 is 20.1 Å². The molecule has 0 amide bonds. The first kappa shape index (κ1) is 18.6. The maximum absolute atomic E-state index is 12.1. The average Bonchev–Trinajstić information content (AvgIpc) is 2.52. The lowest BCUT2D eigenvalue weighted by Gasteiger charge is -2.08. The summed E-state index contributed by atoms with van der Waals surface area (Å²) in [5.74, 6) is 0. The van der Waals surface area contributed by atoms with Crippen LogP contribution < -0.4 is 4.72 Å². The third-order valence-corrected chi connectivity index (χ3v) is 6.08. The Labute approximate surface area is 142 Å². The molecule has 0 unspecified atom stereocenters. The molecule has 0 radical (unpaired) electrons. The molecule has 0 atom stereocenters. The first-order chi connectivity index (χ1) is 11.2. The van der Waals surface area contributed by atoms with Crippen LogP contribution >= 0.6 is 0 Å². The topological polar surface area (TPSA) is 89.5 Å². The van der Waals surface area contributed by atoms with Crippen molar-refractivity contribution in [1.82, 2.24) is 4.72 Å². The van der Waals surface area contributed by atoms with Gasteiger partial charge in [-0.15, -0.1) is 0 Å². The Hall–Kier alpha value is -1.74. The van der Waals surface area contributed by atoms with Crippen molar-refractivity contribution in [3.8, 4) is 0 Å². The number of nitrogens with one attached hydrogen (secondary N) is 1. The quantitative estimate of drug-likeness (QED) is 0.595. The molecular formula is C16H19NO5S2. The van der Waals surface area contributed by atoms with Gasteiger partial charge in [0.25, 0.3) is 10.1 Å². The Kier molecular flexibility index (Phi) is 5.76. The lowest BCUT2D eigenvalue weighted by molar-refractivity contribution is 0.322. The van der Waals surface area contributed by atoms with E-state index >= 15 is 0 Å². The van der Waals surface area contributed by atoms with Gasteiger partial charge < -0.3 is 0 Å². The van der Waals surface area contributed by atoms with Gasteiger partial charge in [-0.1, -0.05) is 35.4 Å². The third-order valence-electron chi connectivity index (χ3n) is 3.27. The summed E-state index contributed by atoms with van der Waals surface area (Å²) in [6.45, 7) is 3.26. The molecule has 0 fully saturated rings. The predicted molar refractivity (Wildman–Crippen MR) is 90.7 cm³/mol. The van der Waals surface area contributed by atoms with E-state index in [9.17, 15) is 16.8 Å². The molecule has 0 saturated carbocycles. The van der Waals surface area contributed by atoms with Crippen LogP contribution in [0.1, 0.15) is 11.1 Å². The molecule has 0 saturated heterocycles. The second-order valence-electron chi connectivity index (χ2n) is 5.30. The van der Waals surface area contributed by atoms with Gasteiger partial charge in [-0.3, -0.25) is 4.18 Å². The van der Waals surface area contributed by atoms with Crippen LogP contribution in [0.25, 0.3) is 0 Å². The minimum Gasteiger partial charge on any atom is -0.265 e. The van der Waals surface area contributed by atoms with E-state index in [2.05, 4.69) is 4.72 Å². The Bertz CT molecular complexity index is 809. The fourth-order valence-electron chi connectivity index (χ4n) is 1.90. The highest BCUT2D eigenvalue weighted by Gasteiger charge is 2.16. The number of hydrogen-bond acceptors (Lipinski definition) is 5. The predicted octanol–water partition coefficient (Wildman–Crippen LogP) is 1.99. The molecule has 0 bridgehead atoms. The molecule has 0 aliphatic carbocycles. The van der Waals surface area contributed by atoms with E-state index in [0.717, 1.165) is 11.1 Å². The van der Waals surface area contributed by atoms with Crippen LogP contribution in [-0.2, 0) is 24.3 Å². The Morgan fingerprint density at radius 2 is 1.25 bits per heavy atom. The molecule has 2 aromatic carbocycles. The second-order valence-corrected chi connectivity index (χ2v) is 8.68. The molecule has 130 valence electrons. The van der Waals surface area contributed by atoms with Gasteiger partial charge in [-0.25, -0.2) is 13.1 Å². The average molecular weight is 369 g/mol. The first-order valence-corrected chi connectivity index (χ1v) is 10.1. The highest BCUT2D eigenvalue weighted by Crippen LogP contribution is 2.13. The van der Waals surface area contributed by atoms with Crippen LogP contribution in [0.15, 0.2) is 58.3 Å². The molecule has 0 aliphatic heterocycles. The SMILES string of the molecule is Cc1ccc(S(=O)(=O)NCCOS(=O)(=O)c2ccc(C)cc2)cc1. The summed E-state index contributed by atoms with van der Waals surface area (Å²) in [5, 5.41) is 0. The van der Waals surface area contributed by atoms with Gasteiger partial charge in [0, 0.05) is 6.54 Å². The first-order valence-electron chi connectivity index (χ1n) is 7.23.